The van der Waals surface area contributed by atoms with Crippen molar-refractivity contribution < 1.29 is 28.2 Å². The van der Waals surface area contributed by atoms with E-state index in [4.69, 9.17) is 4.74 Å². The van der Waals surface area contributed by atoms with Crippen LogP contribution in [-0.2, 0) is 23.9 Å². The van der Waals surface area contributed by atoms with E-state index in [-0.39, 0.29) is 23.5 Å². The number of hydrogen-bond donors (Lipinski definition) is 1. The average molecular weight is 363 g/mol. The molecule has 1 amide bonds. The van der Waals surface area contributed by atoms with Crippen molar-refractivity contribution in [3.63, 3.8) is 0 Å². The highest BCUT2D eigenvalue weighted by Gasteiger charge is 2.28. The fraction of sp³-hybridized carbons (Fsp3) is 0.421. The predicted octanol–water partition coefficient (Wildman–Crippen LogP) is 3.29. The van der Waals surface area contributed by atoms with Gasteiger partial charge >= 0.3 is 17.8 Å². The Morgan fingerprint density at radius 3 is 2.38 bits per heavy atom. The second-order valence-electron chi connectivity index (χ2n) is 6.36. The molecule has 2 rings (SSSR count). The van der Waals surface area contributed by atoms with Crippen molar-refractivity contribution in [2.45, 2.75) is 38.5 Å². The van der Waals surface area contributed by atoms with E-state index in [0.29, 0.717) is 18.6 Å². The molecule has 7 heteroatoms. The molecule has 1 aliphatic rings. The maximum atomic E-state index is 14.2. The van der Waals surface area contributed by atoms with Gasteiger partial charge in [-0.15, -0.1) is 0 Å². The number of halogens is 1. The summed E-state index contributed by atoms with van der Waals surface area (Å²) in [5.41, 5.74) is 0.716. The molecule has 1 N–H and O–H groups in total. The summed E-state index contributed by atoms with van der Waals surface area (Å²) in [6, 6.07) is 4.49. The molecule has 1 aliphatic carbocycles. The minimum atomic E-state index is -1.09. The summed E-state index contributed by atoms with van der Waals surface area (Å²) in [6.45, 7) is 5.20. The van der Waals surface area contributed by atoms with E-state index in [9.17, 15) is 18.8 Å². The van der Waals surface area contributed by atoms with E-state index >= 15 is 0 Å². The van der Waals surface area contributed by atoms with E-state index in [1.165, 1.54) is 12.1 Å². The van der Waals surface area contributed by atoms with E-state index in [1.54, 1.807) is 13.0 Å². The lowest BCUT2D eigenvalue weighted by molar-refractivity contribution is -0.150. The summed E-state index contributed by atoms with van der Waals surface area (Å²) in [4.78, 5) is 34.5. The van der Waals surface area contributed by atoms with Gasteiger partial charge in [0.25, 0.3) is 0 Å². The minimum Gasteiger partial charge on any atom is -0.462 e. The summed E-state index contributed by atoms with van der Waals surface area (Å²) in [5, 5.41) is 2.17. The van der Waals surface area contributed by atoms with Crippen molar-refractivity contribution >= 4 is 23.5 Å². The molecule has 0 aliphatic heterocycles. The van der Waals surface area contributed by atoms with E-state index in [2.05, 4.69) is 16.6 Å². The predicted molar refractivity (Wildman–Crippen MR) is 92.7 cm³/mol. The van der Waals surface area contributed by atoms with Gasteiger partial charge in [-0.2, -0.15) is 0 Å². The lowest BCUT2D eigenvalue weighted by Crippen LogP contribution is -2.24. The number of ether oxygens (including phenoxy) is 2. The SMILES string of the molecule is C=C(C)OC(=O)C1CCC(c2ccc(NC(=O)C(=O)OC)c(F)c2)CC1. The topological polar surface area (TPSA) is 81.7 Å². The molecule has 0 atom stereocenters. The van der Waals surface area contributed by atoms with Gasteiger partial charge in [0.15, 0.2) is 0 Å². The highest BCUT2D eigenvalue weighted by atomic mass is 19.1. The number of carbonyl (C=O) groups excluding carboxylic acids is 3. The summed E-state index contributed by atoms with van der Waals surface area (Å²) < 4.78 is 23.6. The van der Waals surface area contributed by atoms with E-state index in [0.717, 1.165) is 25.5 Å². The van der Waals surface area contributed by atoms with Crippen molar-refractivity contribution in [2.24, 2.45) is 5.92 Å². The van der Waals surface area contributed by atoms with E-state index in [1.807, 2.05) is 0 Å². The van der Waals surface area contributed by atoms with Crippen LogP contribution in [0.2, 0.25) is 0 Å². The molecule has 0 bridgehead atoms. The first-order chi connectivity index (χ1) is 12.3. The Morgan fingerprint density at radius 2 is 1.85 bits per heavy atom. The Balaban J connectivity index is 1.98. The van der Waals surface area contributed by atoms with Crippen LogP contribution >= 0.6 is 0 Å². The largest absolute Gasteiger partial charge is 0.462 e. The smallest absolute Gasteiger partial charge is 0.396 e. The number of rotatable bonds is 4. The first-order valence-corrected chi connectivity index (χ1v) is 8.37. The first kappa shape index (κ1) is 19.6. The van der Waals surface area contributed by atoms with Crippen molar-refractivity contribution in [1.82, 2.24) is 0 Å². The fourth-order valence-electron chi connectivity index (χ4n) is 3.07. The second-order valence-corrected chi connectivity index (χ2v) is 6.36. The van der Waals surface area contributed by atoms with Crippen molar-refractivity contribution in [2.75, 3.05) is 12.4 Å². The molecule has 0 saturated heterocycles. The van der Waals surface area contributed by atoms with Crippen LogP contribution in [0.4, 0.5) is 10.1 Å². The Bertz CT molecular complexity index is 723. The number of amides is 1. The highest BCUT2D eigenvalue weighted by molar-refractivity contribution is 6.37. The van der Waals surface area contributed by atoms with Gasteiger partial charge in [-0.05, 0) is 56.2 Å². The van der Waals surface area contributed by atoms with Crippen LogP contribution in [-0.4, -0.2) is 25.0 Å². The van der Waals surface area contributed by atoms with Gasteiger partial charge in [-0.1, -0.05) is 12.6 Å². The van der Waals surface area contributed by atoms with Crippen molar-refractivity contribution in [3.8, 4) is 0 Å². The Labute approximate surface area is 151 Å². The second kappa shape index (κ2) is 8.60. The Morgan fingerprint density at radius 1 is 1.19 bits per heavy atom. The zero-order chi connectivity index (χ0) is 19.3. The number of esters is 2. The molecule has 140 valence electrons. The monoisotopic (exact) mass is 363 g/mol. The Kier molecular flexibility index (Phi) is 6.49. The maximum Gasteiger partial charge on any atom is 0.396 e. The van der Waals surface area contributed by atoms with Crippen molar-refractivity contribution in [3.05, 3.63) is 41.9 Å². The van der Waals surface area contributed by atoms with Gasteiger partial charge in [0.2, 0.25) is 0 Å². The van der Waals surface area contributed by atoms with Gasteiger partial charge in [0.05, 0.1) is 24.5 Å². The van der Waals surface area contributed by atoms with Crippen LogP contribution in [0, 0.1) is 11.7 Å². The zero-order valence-electron chi connectivity index (χ0n) is 14.8. The molecule has 26 heavy (non-hydrogen) atoms. The minimum absolute atomic E-state index is 0.0807. The lowest BCUT2D eigenvalue weighted by Gasteiger charge is -2.27. The number of carbonyl (C=O) groups is 3. The van der Waals surface area contributed by atoms with Gasteiger partial charge in [-0.3, -0.25) is 9.59 Å². The quantitative estimate of drug-likeness (QED) is 0.504. The number of allylic oxidation sites excluding steroid dienone is 1. The third kappa shape index (κ3) is 4.91. The van der Waals surface area contributed by atoms with Crippen LogP contribution < -0.4 is 5.32 Å². The normalized spacial score (nSPS) is 19.3. The van der Waals surface area contributed by atoms with Crippen LogP contribution in [0.25, 0.3) is 0 Å². The van der Waals surface area contributed by atoms with Gasteiger partial charge in [0, 0.05) is 0 Å². The van der Waals surface area contributed by atoms with Gasteiger partial charge < -0.3 is 14.8 Å². The highest BCUT2D eigenvalue weighted by Crippen LogP contribution is 2.37. The molecule has 1 saturated carbocycles. The fourth-order valence-corrected chi connectivity index (χ4v) is 3.07. The first-order valence-electron chi connectivity index (χ1n) is 8.37. The molecule has 0 unspecified atom stereocenters. The van der Waals surface area contributed by atoms with Crippen LogP contribution in [0.3, 0.4) is 0 Å². The molecule has 6 nitrogen and oxygen atoms in total. The summed E-state index contributed by atoms with van der Waals surface area (Å²) >= 11 is 0. The number of benzene rings is 1. The summed E-state index contributed by atoms with van der Waals surface area (Å²) in [6.07, 6.45) is 2.81. The third-order valence-electron chi connectivity index (χ3n) is 4.42. The van der Waals surface area contributed by atoms with Crippen molar-refractivity contribution in [1.29, 1.82) is 0 Å². The van der Waals surface area contributed by atoms with Crippen LogP contribution in [0.5, 0.6) is 0 Å². The maximum absolute atomic E-state index is 14.2. The van der Waals surface area contributed by atoms with Gasteiger partial charge in [0.1, 0.15) is 5.82 Å². The van der Waals surface area contributed by atoms with Crippen LogP contribution in [0.1, 0.15) is 44.1 Å². The molecule has 0 heterocycles. The number of anilines is 1. The van der Waals surface area contributed by atoms with Crippen LogP contribution in [0.15, 0.2) is 30.5 Å². The Hall–Kier alpha value is -2.70. The summed E-state index contributed by atoms with van der Waals surface area (Å²) in [5.74, 6) is -2.66. The molecular formula is C19H22FNO5. The van der Waals surface area contributed by atoms with Gasteiger partial charge in [-0.25, -0.2) is 9.18 Å². The number of methoxy groups -OCH3 is 1. The van der Waals surface area contributed by atoms with E-state index < -0.39 is 17.7 Å². The summed E-state index contributed by atoms with van der Waals surface area (Å²) in [7, 11) is 1.07. The molecule has 1 aromatic rings. The molecule has 1 fully saturated rings. The molecule has 0 aromatic heterocycles. The molecule has 0 radical (unpaired) electrons. The lowest BCUT2D eigenvalue weighted by atomic mass is 9.78. The molecule has 0 spiro atoms. The third-order valence-corrected chi connectivity index (χ3v) is 4.42. The molecule has 1 aromatic carbocycles. The molecular weight excluding hydrogens is 341 g/mol. The number of hydrogen-bond acceptors (Lipinski definition) is 5. The zero-order valence-corrected chi connectivity index (χ0v) is 14.8. The average Bonchev–Trinajstić information content (AvgIpc) is 2.62. The number of nitrogens with one attached hydrogen (secondary N) is 1. The standard InChI is InChI=1S/C19H22FNO5/c1-11(2)26-18(23)13-6-4-12(5-7-13)14-8-9-16(15(20)10-14)21-17(22)19(24)25-3/h8-10,12-13H,1,4-7H2,2-3H3,(H,21,22).